The highest BCUT2D eigenvalue weighted by atomic mass is 16.5. The summed E-state index contributed by atoms with van der Waals surface area (Å²) in [5.74, 6) is 1.66. The van der Waals surface area contributed by atoms with Crippen LogP contribution in [0, 0.1) is 6.92 Å². The van der Waals surface area contributed by atoms with Crippen molar-refractivity contribution >= 4 is 5.96 Å². The van der Waals surface area contributed by atoms with Gasteiger partial charge in [-0.05, 0) is 35.7 Å². The molecular weight excluding hydrogens is 402 g/mol. The lowest BCUT2D eigenvalue weighted by Gasteiger charge is -2.18. The zero-order chi connectivity index (χ0) is 22.2. The maximum absolute atomic E-state index is 6.21. The monoisotopic (exact) mass is 433 g/mol. The van der Waals surface area contributed by atoms with Crippen LogP contribution in [0.5, 0.6) is 5.75 Å². The van der Waals surface area contributed by atoms with Gasteiger partial charge >= 0.3 is 0 Å². The van der Waals surface area contributed by atoms with Crippen LogP contribution in [0.1, 0.15) is 28.7 Å². The summed E-state index contributed by atoms with van der Waals surface area (Å²) in [4.78, 5) is 4.39. The molecule has 32 heavy (non-hydrogen) atoms. The first-order valence-electron chi connectivity index (χ1n) is 11.0. The fourth-order valence-corrected chi connectivity index (χ4v) is 3.73. The number of aryl methyl sites for hydroxylation is 1. The highest BCUT2D eigenvalue weighted by molar-refractivity contribution is 5.79. The van der Waals surface area contributed by atoms with Gasteiger partial charge in [-0.1, -0.05) is 36.4 Å². The Balaban J connectivity index is 1.36. The fraction of sp³-hybridized carbons (Fsp3) is 0.360. The summed E-state index contributed by atoms with van der Waals surface area (Å²) in [6, 6.07) is 16.6. The molecule has 1 unspecified atom stereocenters. The summed E-state index contributed by atoms with van der Waals surface area (Å²) in [6.07, 6.45) is 4.83. The average Bonchev–Trinajstić information content (AvgIpc) is 3.50. The number of guanidine groups is 1. The van der Waals surface area contributed by atoms with Gasteiger partial charge < -0.3 is 20.1 Å². The van der Waals surface area contributed by atoms with E-state index in [9.17, 15) is 0 Å². The molecule has 4 rings (SSSR count). The number of hydrogen-bond donors (Lipinski definition) is 2. The second kappa shape index (κ2) is 10.8. The molecule has 1 aromatic heterocycles. The molecule has 7 heteroatoms. The molecule has 1 aliphatic heterocycles. The minimum Gasteiger partial charge on any atom is -0.488 e. The Morgan fingerprint density at radius 1 is 1.12 bits per heavy atom. The van der Waals surface area contributed by atoms with E-state index in [1.807, 2.05) is 16.9 Å². The highest BCUT2D eigenvalue weighted by Crippen LogP contribution is 2.23. The van der Waals surface area contributed by atoms with Crippen molar-refractivity contribution in [2.75, 3.05) is 20.3 Å². The van der Waals surface area contributed by atoms with Gasteiger partial charge in [-0.3, -0.25) is 9.67 Å². The van der Waals surface area contributed by atoms with Crippen molar-refractivity contribution in [3.05, 3.63) is 83.2 Å². The first-order chi connectivity index (χ1) is 15.7. The predicted molar refractivity (Wildman–Crippen MR) is 126 cm³/mol. The van der Waals surface area contributed by atoms with Gasteiger partial charge in [0.15, 0.2) is 5.96 Å². The van der Waals surface area contributed by atoms with Crippen LogP contribution in [0.2, 0.25) is 0 Å². The van der Waals surface area contributed by atoms with Crippen LogP contribution in [0.15, 0.2) is 65.9 Å². The molecule has 1 saturated heterocycles. The van der Waals surface area contributed by atoms with Crippen LogP contribution in [0.25, 0.3) is 0 Å². The Kier molecular flexibility index (Phi) is 7.40. The van der Waals surface area contributed by atoms with Gasteiger partial charge in [-0.15, -0.1) is 0 Å². The third-order valence-corrected chi connectivity index (χ3v) is 5.53. The molecule has 168 valence electrons. The largest absolute Gasteiger partial charge is 0.488 e. The van der Waals surface area contributed by atoms with Gasteiger partial charge in [-0.25, -0.2) is 0 Å². The zero-order valence-electron chi connectivity index (χ0n) is 18.8. The van der Waals surface area contributed by atoms with E-state index in [0.717, 1.165) is 36.8 Å². The van der Waals surface area contributed by atoms with Crippen molar-refractivity contribution < 1.29 is 9.47 Å². The van der Waals surface area contributed by atoms with Gasteiger partial charge in [-0.2, -0.15) is 5.10 Å². The molecule has 0 radical (unpaired) electrons. The summed E-state index contributed by atoms with van der Waals surface area (Å²) < 4.78 is 13.6. The van der Waals surface area contributed by atoms with Crippen molar-refractivity contribution in [2.45, 2.75) is 39.1 Å². The molecule has 3 aromatic rings. The number of aliphatic imine (C=N–C) groups is 1. The minimum atomic E-state index is 0.124. The Morgan fingerprint density at radius 3 is 2.66 bits per heavy atom. The van der Waals surface area contributed by atoms with Crippen molar-refractivity contribution in [3.63, 3.8) is 0 Å². The standard InChI is InChI=1S/C25H31N5O2/c1-19-8-9-21(24(14-19)32-23-10-13-31-18-23)16-28-25(26-2)27-15-20-6-3-4-7-22(20)17-30-12-5-11-29-30/h3-9,11-12,14,23H,10,13,15-18H2,1-2H3,(H2,26,27,28). The Hall–Kier alpha value is -3.32. The van der Waals surface area contributed by atoms with Gasteiger partial charge in [0.05, 0.1) is 19.8 Å². The van der Waals surface area contributed by atoms with Crippen LogP contribution in [-0.4, -0.2) is 42.1 Å². The van der Waals surface area contributed by atoms with Crippen molar-refractivity contribution in [1.82, 2.24) is 20.4 Å². The van der Waals surface area contributed by atoms with Crippen LogP contribution in [-0.2, 0) is 24.4 Å². The number of rotatable bonds is 8. The smallest absolute Gasteiger partial charge is 0.191 e. The van der Waals surface area contributed by atoms with Crippen molar-refractivity contribution in [1.29, 1.82) is 0 Å². The third kappa shape index (κ3) is 5.88. The lowest BCUT2D eigenvalue weighted by atomic mass is 10.1. The maximum atomic E-state index is 6.21. The topological polar surface area (TPSA) is 72.7 Å². The molecule has 2 N–H and O–H groups in total. The van der Waals surface area contributed by atoms with Crippen molar-refractivity contribution in [3.8, 4) is 5.75 Å². The maximum Gasteiger partial charge on any atom is 0.191 e. The van der Waals surface area contributed by atoms with Gasteiger partial charge in [0, 0.05) is 44.5 Å². The first-order valence-corrected chi connectivity index (χ1v) is 11.0. The molecule has 2 heterocycles. The molecule has 0 aliphatic carbocycles. The summed E-state index contributed by atoms with van der Waals surface area (Å²) in [7, 11) is 1.79. The van der Waals surface area contributed by atoms with E-state index in [4.69, 9.17) is 9.47 Å². The van der Waals surface area contributed by atoms with Crippen LogP contribution in [0.3, 0.4) is 0 Å². The van der Waals surface area contributed by atoms with Gasteiger partial charge in [0.25, 0.3) is 0 Å². The molecule has 1 fully saturated rings. The molecular formula is C25H31N5O2. The summed E-state index contributed by atoms with van der Waals surface area (Å²) in [6.45, 7) is 5.54. The van der Waals surface area contributed by atoms with Crippen LogP contribution >= 0.6 is 0 Å². The Bertz CT molecular complexity index is 1030. The van der Waals surface area contributed by atoms with Crippen LogP contribution in [0.4, 0.5) is 0 Å². The van der Waals surface area contributed by atoms with E-state index in [-0.39, 0.29) is 6.10 Å². The Morgan fingerprint density at radius 2 is 1.94 bits per heavy atom. The number of nitrogens with one attached hydrogen (secondary N) is 2. The molecule has 0 amide bonds. The molecule has 2 aromatic carbocycles. The zero-order valence-corrected chi connectivity index (χ0v) is 18.8. The van der Waals surface area contributed by atoms with E-state index in [2.05, 4.69) is 70.1 Å². The fourth-order valence-electron chi connectivity index (χ4n) is 3.73. The van der Waals surface area contributed by atoms with Gasteiger partial charge in [0.2, 0.25) is 0 Å². The number of nitrogens with zero attached hydrogens (tertiary/aromatic N) is 3. The second-order valence-electron chi connectivity index (χ2n) is 7.97. The van der Waals surface area contributed by atoms with E-state index in [1.165, 1.54) is 16.7 Å². The Labute approximate surface area is 189 Å². The number of benzene rings is 2. The van der Waals surface area contributed by atoms with Gasteiger partial charge in [0.1, 0.15) is 11.9 Å². The first kappa shape index (κ1) is 21.9. The number of aromatic nitrogens is 2. The molecule has 1 aliphatic rings. The molecule has 7 nitrogen and oxygen atoms in total. The second-order valence-corrected chi connectivity index (χ2v) is 7.97. The molecule has 0 saturated carbocycles. The quantitative estimate of drug-likeness (QED) is 0.421. The number of ether oxygens (including phenoxy) is 2. The summed E-state index contributed by atoms with van der Waals surface area (Å²) in [5.41, 5.74) is 4.72. The van der Waals surface area contributed by atoms with E-state index >= 15 is 0 Å². The predicted octanol–water partition coefficient (Wildman–Crippen LogP) is 3.27. The van der Waals surface area contributed by atoms with Crippen LogP contribution < -0.4 is 15.4 Å². The minimum absolute atomic E-state index is 0.124. The highest BCUT2D eigenvalue weighted by Gasteiger charge is 2.18. The lowest BCUT2D eigenvalue weighted by molar-refractivity contribution is 0.140. The summed E-state index contributed by atoms with van der Waals surface area (Å²) in [5, 5.41) is 11.2. The number of hydrogen-bond acceptors (Lipinski definition) is 4. The summed E-state index contributed by atoms with van der Waals surface area (Å²) >= 11 is 0. The van der Waals surface area contributed by atoms with E-state index < -0.39 is 0 Å². The third-order valence-electron chi connectivity index (χ3n) is 5.53. The van der Waals surface area contributed by atoms with Crippen molar-refractivity contribution in [2.24, 2.45) is 4.99 Å². The molecule has 0 bridgehead atoms. The average molecular weight is 434 g/mol. The molecule has 0 spiro atoms. The lowest BCUT2D eigenvalue weighted by Crippen LogP contribution is -2.36. The molecule has 1 atom stereocenters. The van der Waals surface area contributed by atoms with E-state index in [1.54, 1.807) is 13.2 Å². The normalized spacial score (nSPS) is 16.2. The van der Waals surface area contributed by atoms with E-state index in [0.29, 0.717) is 19.7 Å². The SMILES string of the molecule is CN=C(NCc1ccccc1Cn1cccn1)NCc1ccc(C)cc1OC1CCOC1.